The number of ketones is 1. The van der Waals surface area contributed by atoms with Crippen LogP contribution in [0.1, 0.15) is 37.4 Å². The first-order chi connectivity index (χ1) is 10.6. The minimum absolute atomic E-state index is 0.0464. The van der Waals surface area contributed by atoms with Gasteiger partial charge >= 0.3 is 0 Å². The Labute approximate surface area is 131 Å². The van der Waals surface area contributed by atoms with Crippen LogP contribution in [0.2, 0.25) is 0 Å². The summed E-state index contributed by atoms with van der Waals surface area (Å²) in [6.07, 6.45) is 4.75. The maximum absolute atomic E-state index is 12.2. The average Bonchev–Trinajstić information content (AvgIpc) is 2.85. The fraction of sp³-hybridized carbons (Fsp3) is 0.588. The number of likely N-dealkylation sites (tertiary alicyclic amines) is 1. The molecule has 1 saturated heterocycles. The Morgan fingerprint density at radius 3 is 3.14 bits per heavy atom. The van der Waals surface area contributed by atoms with E-state index in [2.05, 4.69) is 22.4 Å². The third kappa shape index (κ3) is 3.29. The predicted molar refractivity (Wildman–Crippen MR) is 84.7 cm³/mol. The molecule has 1 unspecified atom stereocenters. The number of pyridine rings is 1. The number of hydrogen-bond acceptors (Lipinski definition) is 4. The highest BCUT2D eigenvalue weighted by Gasteiger charge is 2.31. The summed E-state index contributed by atoms with van der Waals surface area (Å²) in [6.45, 7) is 3.49. The van der Waals surface area contributed by atoms with Crippen molar-refractivity contribution in [2.45, 2.75) is 39.0 Å². The lowest BCUT2D eigenvalue weighted by molar-refractivity contribution is -0.134. The van der Waals surface area contributed by atoms with Crippen LogP contribution >= 0.6 is 0 Å². The molecule has 3 heterocycles. The van der Waals surface area contributed by atoms with Gasteiger partial charge in [-0.1, -0.05) is 6.07 Å². The molecule has 2 aliphatic heterocycles. The van der Waals surface area contributed by atoms with E-state index in [1.807, 2.05) is 0 Å². The van der Waals surface area contributed by atoms with Gasteiger partial charge in [-0.05, 0) is 50.7 Å². The second-order valence-electron chi connectivity index (χ2n) is 6.33. The Kier molecular flexibility index (Phi) is 4.41. The van der Waals surface area contributed by atoms with E-state index in [0.29, 0.717) is 6.54 Å². The molecule has 0 aromatic carbocycles. The van der Waals surface area contributed by atoms with Crippen molar-refractivity contribution in [3.8, 4) is 0 Å². The van der Waals surface area contributed by atoms with E-state index in [9.17, 15) is 9.59 Å². The number of aryl methyl sites for hydroxylation is 2. The number of carbonyl (C=O) groups is 2. The zero-order valence-corrected chi connectivity index (χ0v) is 13.1. The number of rotatable bonds is 5. The normalized spacial score (nSPS) is 20.7. The van der Waals surface area contributed by atoms with Gasteiger partial charge in [0.2, 0.25) is 5.91 Å². The number of carbonyl (C=O) groups excluding carboxylic acids is 2. The van der Waals surface area contributed by atoms with Crippen LogP contribution in [0.25, 0.3) is 0 Å². The summed E-state index contributed by atoms with van der Waals surface area (Å²) < 4.78 is 0. The Morgan fingerprint density at radius 2 is 2.32 bits per heavy atom. The number of Topliss-reactive ketones (excluding diaryl/α,β-unsaturated/α-hetero) is 1. The molecule has 0 spiro atoms. The van der Waals surface area contributed by atoms with Crippen molar-refractivity contribution >= 4 is 17.5 Å². The number of nitrogens with one attached hydrogen (secondary N) is 1. The number of hydrogen-bond donors (Lipinski definition) is 1. The highest BCUT2D eigenvalue weighted by atomic mass is 16.2. The van der Waals surface area contributed by atoms with Crippen LogP contribution in [-0.4, -0.2) is 41.2 Å². The van der Waals surface area contributed by atoms with Crippen LogP contribution < -0.4 is 5.32 Å². The maximum Gasteiger partial charge on any atom is 0.226 e. The van der Waals surface area contributed by atoms with Crippen LogP contribution in [0, 0.1) is 5.92 Å². The molecule has 118 valence electrons. The molecular weight excluding hydrogens is 278 g/mol. The molecule has 22 heavy (non-hydrogen) atoms. The molecule has 1 aromatic rings. The minimum Gasteiger partial charge on any atom is -0.370 e. The van der Waals surface area contributed by atoms with E-state index in [-0.39, 0.29) is 24.2 Å². The first-order valence-electron chi connectivity index (χ1n) is 8.14. The molecule has 1 aromatic heterocycles. The molecular formula is C17H23N3O2. The van der Waals surface area contributed by atoms with Crippen molar-refractivity contribution in [2.24, 2.45) is 5.92 Å². The first-order valence-corrected chi connectivity index (χ1v) is 8.14. The lowest BCUT2D eigenvalue weighted by Crippen LogP contribution is -2.31. The first kappa shape index (κ1) is 15.0. The van der Waals surface area contributed by atoms with Gasteiger partial charge < -0.3 is 10.2 Å². The van der Waals surface area contributed by atoms with E-state index in [0.717, 1.165) is 50.2 Å². The quantitative estimate of drug-likeness (QED) is 0.901. The van der Waals surface area contributed by atoms with E-state index >= 15 is 0 Å². The topological polar surface area (TPSA) is 62.3 Å². The summed E-state index contributed by atoms with van der Waals surface area (Å²) in [4.78, 5) is 29.8. The lowest BCUT2D eigenvalue weighted by atomic mass is 9.99. The van der Waals surface area contributed by atoms with Crippen LogP contribution in [0.5, 0.6) is 0 Å². The maximum atomic E-state index is 12.2. The third-order valence-corrected chi connectivity index (χ3v) is 4.52. The molecule has 1 amide bonds. The van der Waals surface area contributed by atoms with E-state index in [4.69, 9.17) is 0 Å². The Hall–Kier alpha value is -1.91. The second kappa shape index (κ2) is 6.46. The number of amides is 1. The summed E-state index contributed by atoms with van der Waals surface area (Å²) in [7, 11) is 0. The molecule has 0 bridgehead atoms. The molecule has 0 aliphatic carbocycles. The van der Waals surface area contributed by atoms with Crippen LogP contribution in [0.3, 0.4) is 0 Å². The largest absolute Gasteiger partial charge is 0.370 e. The van der Waals surface area contributed by atoms with E-state index in [1.54, 1.807) is 4.90 Å². The zero-order chi connectivity index (χ0) is 15.5. The van der Waals surface area contributed by atoms with Crippen LogP contribution in [-0.2, 0) is 22.4 Å². The standard InChI is InChI=1S/C17H23N3O2/c1-12(21)11-20-10-8-14(17(20)22)5-7-15-6-4-13-3-2-9-18-16(13)19-15/h4,6,14H,2-3,5,7-11H2,1H3,(H,18,19). The summed E-state index contributed by atoms with van der Waals surface area (Å²) in [5, 5.41) is 3.34. The number of nitrogens with zero attached hydrogens (tertiary/aromatic N) is 2. The summed E-state index contributed by atoms with van der Waals surface area (Å²) in [5.41, 5.74) is 2.34. The third-order valence-electron chi connectivity index (χ3n) is 4.52. The van der Waals surface area contributed by atoms with Gasteiger partial charge in [0.15, 0.2) is 0 Å². The van der Waals surface area contributed by atoms with Crippen molar-refractivity contribution in [1.82, 2.24) is 9.88 Å². The second-order valence-corrected chi connectivity index (χ2v) is 6.33. The zero-order valence-electron chi connectivity index (χ0n) is 13.1. The molecule has 5 heteroatoms. The highest BCUT2D eigenvalue weighted by molar-refractivity contribution is 5.87. The number of aromatic nitrogens is 1. The molecule has 2 aliphatic rings. The van der Waals surface area contributed by atoms with Crippen molar-refractivity contribution < 1.29 is 9.59 Å². The number of anilines is 1. The lowest BCUT2D eigenvalue weighted by Gasteiger charge is -2.18. The van der Waals surface area contributed by atoms with Gasteiger partial charge in [-0.15, -0.1) is 0 Å². The molecule has 5 nitrogen and oxygen atoms in total. The predicted octanol–water partition coefficient (Wildman–Crippen LogP) is 1.81. The SMILES string of the molecule is CC(=O)CN1CCC(CCc2ccc3c(n2)NCCC3)C1=O. The molecule has 1 atom stereocenters. The van der Waals surface area contributed by atoms with Crippen LogP contribution in [0.15, 0.2) is 12.1 Å². The van der Waals surface area contributed by atoms with Gasteiger partial charge in [-0.3, -0.25) is 9.59 Å². The number of fused-ring (bicyclic) bond motifs is 1. The van der Waals surface area contributed by atoms with Crippen molar-refractivity contribution in [1.29, 1.82) is 0 Å². The minimum atomic E-state index is 0.0464. The highest BCUT2D eigenvalue weighted by Crippen LogP contribution is 2.24. The molecule has 0 radical (unpaired) electrons. The van der Waals surface area contributed by atoms with Crippen molar-refractivity contribution in [3.05, 3.63) is 23.4 Å². The fourth-order valence-corrected chi connectivity index (χ4v) is 3.33. The van der Waals surface area contributed by atoms with Crippen molar-refractivity contribution in [2.75, 3.05) is 25.0 Å². The molecule has 3 rings (SSSR count). The van der Waals surface area contributed by atoms with Gasteiger partial charge in [-0.2, -0.15) is 0 Å². The fourth-order valence-electron chi connectivity index (χ4n) is 3.33. The van der Waals surface area contributed by atoms with Gasteiger partial charge in [-0.25, -0.2) is 4.98 Å². The summed E-state index contributed by atoms with van der Waals surface area (Å²) in [5.74, 6) is 1.24. The van der Waals surface area contributed by atoms with Gasteiger partial charge in [0.25, 0.3) is 0 Å². The van der Waals surface area contributed by atoms with Gasteiger partial charge in [0.05, 0.1) is 6.54 Å². The van der Waals surface area contributed by atoms with Gasteiger partial charge in [0.1, 0.15) is 11.6 Å². The van der Waals surface area contributed by atoms with Crippen LogP contribution in [0.4, 0.5) is 5.82 Å². The summed E-state index contributed by atoms with van der Waals surface area (Å²) >= 11 is 0. The Balaban J connectivity index is 1.57. The van der Waals surface area contributed by atoms with Gasteiger partial charge in [0, 0.05) is 24.7 Å². The Bertz CT molecular complexity index is 585. The van der Waals surface area contributed by atoms with E-state index < -0.39 is 0 Å². The average molecular weight is 301 g/mol. The summed E-state index contributed by atoms with van der Waals surface area (Å²) in [6, 6.07) is 4.24. The Morgan fingerprint density at radius 1 is 1.45 bits per heavy atom. The monoisotopic (exact) mass is 301 g/mol. The molecule has 0 saturated carbocycles. The smallest absolute Gasteiger partial charge is 0.226 e. The molecule has 1 N–H and O–H groups in total. The molecule has 1 fully saturated rings. The van der Waals surface area contributed by atoms with Crippen molar-refractivity contribution in [3.63, 3.8) is 0 Å². The van der Waals surface area contributed by atoms with E-state index in [1.165, 1.54) is 12.5 Å².